The Kier molecular flexibility index (Phi) is 5.07. The minimum Gasteiger partial charge on any atom is -0.339 e. The third-order valence-corrected chi connectivity index (χ3v) is 6.13. The van der Waals surface area contributed by atoms with E-state index in [9.17, 15) is 4.79 Å². The molecule has 27 heavy (non-hydrogen) atoms. The molecule has 0 fully saturated rings. The summed E-state index contributed by atoms with van der Waals surface area (Å²) >= 11 is 1.80. The van der Waals surface area contributed by atoms with Gasteiger partial charge in [-0.2, -0.15) is 4.98 Å². The first-order chi connectivity index (χ1) is 13.2. The summed E-state index contributed by atoms with van der Waals surface area (Å²) in [5, 5.41) is 6.18. The molecule has 1 aliphatic heterocycles. The van der Waals surface area contributed by atoms with Gasteiger partial charge in [0, 0.05) is 29.8 Å². The van der Waals surface area contributed by atoms with Gasteiger partial charge in [-0.25, -0.2) is 0 Å². The fourth-order valence-electron chi connectivity index (χ4n) is 3.67. The zero-order valence-corrected chi connectivity index (χ0v) is 16.5. The molecule has 0 bridgehead atoms. The summed E-state index contributed by atoms with van der Waals surface area (Å²) in [6.45, 7) is 4.98. The molecule has 1 aliphatic rings. The number of amides is 1. The van der Waals surface area contributed by atoms with Gasteiger partial charge < -0.3 is 9.42 Å². The van der Waals surface area contributed by atoms with Crippen LogP contribution in [0.2, 0.25) is 0 Å². The van der Waals surface area contributed by atoms with Gasteiger partial charge in [0.2, 0.25) is 17.6 Å². The van der Waals surface area contributed by atoms with Crippen LogP contribution in [0.1, 0.15) is 47.7 Å². The highest BCUT2D eigenvalue weighted by Gasteiger charge is 2.30. The van der Waals surface area contributed by atoms with E-state index in [0.717, 1.165) is 24.9 Å². The van der Waals surface area contributed by atoms with E-state index < -0.39 is 0 Å². The summed E-state index contributed by atoms with van der Waals surface area (Å²) in [5.41, 5.74) is 3.43. The monoisotopic (exact) mass is 381 g/mol. The number of fused-ring (bicyclic) bond motifs is 1. The van der Waals surface area contributed by atoms with E-state index in [1.165, 1.54) is 16.0 Å². The molecule has 6 heteroatoms. The van der Waals surface area contributed by atoms with Crippen molar-refractivity contribution in [1.82, 2.24) is 15.0 Å². The quantitative estimate of drug-likeness (QED) is 0.649. The third kappa shape index (κ3) is 3.67. The van der Waals surface area contributed by atoms with Crippen molar-refractivity contribution in [2.45, 2.75) is 45.6 Å². The van der Waals surface area contributed by atoms with Crippen molar-refractivity contribution in [3.63, 3.8) is 0 Å². The number of nitrogens with zero attached hydrogens (tertiary/aromatic N) is 3. The van der Waals surface area contributed by atoms with Gasteiger partial charge in [-0.1, -0.05) is 41.9 Å². The number of thiophene rings is 1. The molecule has 5 nitrogen and oxygen atoms in total. The molecule has 0 spiro atoms. The van der Waals surface area contributed by atoms with Crippen LogP contribution < -0.4 is 0 Å². The normalized spacial score (nSPS) is 16.4. The lowest BCUT2D eigenvalue weighted by Gasteiger charge is -2.35. The molecule has 4 rings (SSSR count). The largest absolute Gasteiger partial charge is 0.339 e. The molecule has 0 aliphatic carbocycles. The lowest BCUT2D eigenvalue weighted by Crippen LogP contribution is -2.39. The third-order valence-electron chi connectivity index (χ3n) is 5.13. The number of carbonyl (C=O) groups excluding carboxylic acids is 1. The number of rotatable bonds is 5. The summed E-state index contributed by atoms with van der Waals surface area (Å²) in [5.74, 6) is 1.25. The van der Waals surface area contributed by atoms with Gasteiger partial charge in [0.15, 0.2) is 0 Å². The highest BCUT2D eigenvalue weighted by molar-refractivity contribution is 7.10. The predicted octanol–water partition coefficient (Wildman–Crippen LogP) is 4.58. The summed E-state index contributed by atoms with van der Waals surface area (Å²) in [7, 11) is 0. The van der Waals surface area contributed by atoms with Crippen LogP contribution in [-0.2, 0) is 17.6 Å². The lowest BCUT2D eigenvalue weighted by molar-refractivity contribution is -0.134. The van der Waals surface area contributed by atoms with E-state index in [2.05, 4.69) is 28.5 Å². The zero-order valence-electron chi connectivity index (χ0n) is 15.6. The van der Waals surface area contributed by atoms with Crippen molar-refractivity contribution in [1.29, 1.82) is 0 Å². The molecule has 0 N–H and O–H groups in total. The average molecular weight is 382 g/mol. The number of carbonyl (C=O) groups is 1. The summed E-state index contributed by atoms with van der Waals surface area (Å²) in [4.78, 5) is 20.7. The Morgan fingerprint density at radius 3 is 2.89 bits per heavy atom. The molecule has 0 saturated heterocycles. The van der Waals surface area contributed by atoms with Crippen LogP contribution in [0.15, 0.2) is 40.2 Å². The zero-order chi connectivity index (χ0) is 18.8. The van der Waals surface area contributed by atoms with E-state index in [1.807, 2.05) is 36.1 Å². The van der Waals surface area contributed by atoms with Crippen LogP contribution in [0.3, 0.4) is 0 Å². The van der Waals surface area contributed by atoms with Crippen molar-refractivity contribution in [3.05, 3.63) is 57.6 Å². The summed E-state index contributed by atoms with van der Waals surface area (Å²) < 4.78 is 5.35. The number of aromatic nitrogens is 2. The first-order valence-electron chi connectivity index (χ1n) is 9.41. The van der Waals surface area contributed by atoms with Crippen LogP contribution in [-0.4, -0.2) is 27.5 Å². The molecule has 3 aromatic rings. The number of aryl methyl sites for hydroxylation is 2. The number of hydrogen-bond acceptors (Lipinski definition) is 5. The Balaban J connectivity index is 1.40. The van der Waals surface area contributed by atoms with Crippen LogP contribution in [0.4, 0.5) is 0 Å². The molecule has 1 aromatic carbocycles. The fraction of sp³-hybridized carbons (Fsp3) is 0.381. The van der Waals surface area contributed by atoms with Gasteiger partial charge in [-0.05, 0) is 36.8 Å². The van der Waals surface area contributed by atoms with Crippen LogP contribution in [0.25, 0.3) is 11.4 Å². The Bertz CT molecular complexity index is 929. The van der Waals surface area contributed by atoms with Crippen molar-refractivity contribution in [2.24, 2.45) is 0 Å². The molecule has 0 saturated carbocycles. The molecule has 1 unspecified atom stereocenters. The van der Waals surface area contributed by atoms with Gasteiger partial charge in [0.05, 0.1) is 6.04 Å². The van der Waals surface area contributed by atoms with E-state index in [1.54, 1.807) is 11.3 Å². The highest BCUT2D eigenvalue weighted by Crippen LogP contribution is 2.35. The minimum atomic E-state index is 0.161. The topological polar surface area (TPSA) is 59.2 Å². The maximum atomic E-state index is 12.8. The Labute approximate surface area is 163 Å². The van der Waals surface area contributed by atoms with E-state index in [4.69, 9.17) is 4.52 Å². The SMILES string of the molecule is CCC1c2ccsc2CCN1C(=O)CCc1nc(-c2ccc(C)cc2)no1. The second kappa shape index (κ2) is 7.64. The molecule has 1 amide bonds. The molecule has 1 atom stereocenters. The second-order valence-corrected chi connectivity index (χ2v) is 7.94. The van der Waals surface area contributed by atoms with Gasteiger partial charge in [-0.15, -0.1) is 11.3 Å². The molecule has 3 heterocycles. The Morgan fingerprint density at radius 1 is 1.30 bits per heavy atom. The maximum absolute atomic E-state index is 12.8. The lowest BCUT2D eigenvalue weighted by atomic mass is 9.97. The van der Waals surface area contributed by atoms with E-state index in [0.29, 0.717) is 24.6 Å². The fourth-order valence-corrected chi connectivity index (χ4v) is 4.60. The molecule has 0 radical (unpaired) electrons. The standard InChI is InChI=1S/C21H23N3O2S/c1-3-17-16-11-13-27-18(16)10-12-24(17)20(25)9-8-19-22-21(23-26-19)15-6-4-14(2)5-7-15/h4-7,11,13,17H,3,8-10,12H2,1-2H3. The summed E-state index contributed by atoms with van der Waals surface area (Å²) in [6, 6.07) is 10.4. The highest BCUT2D eigenvalue weighted by atomic mass is 32.1. The Morgan fingerprint density at radius 2 is 2.11 bits per heavy atom. The minimum absolute atomic E-state index is 0.161. The van der Waals surface area contributed by atoms with Crippen LogP contribution in [0, 0.1) is 6.92 Å². The van der Waals surface area contributed by atoms with E-state index >= 15 is 0 Å². The average Bonchev–Trinajstić information content (AvgIpc) is 3.35. The van der Waals surface area contributed by atoms with Crippen molar-refractivity contribution in [3.8, 4) is 11.4 Å². The predicted molar refractivity (Wildman–Crippen MR) is 106 cm³/mol. The maximum Gasteiger partial charge on any atom is 0.227 e. The van der Waals surface area contributed by atoms with Gasteiger partial charge >= 0.3 is 0 Å². The second-order valence-electron chi connectivity index (χ2n) is 6.94. The summed E-state index contributed by atoms with van der Waals surface area (Å²) in [6.07, 6.45) is 2.76. The van der Waals surface area contributed by atoms with Gasteiger partial charge in [-0.3, -0.25) is 4.79 Å². The number of benzene rings is 1. The van der Waals surface area contributed by atoms with Crippen molar-refractivity contribution in [2.75, 3.05) is 6.54 Å². The van der Waals surface area contributed by atoms with Crippen LogP contribution in [0.5, 0.6) is 0 Å². The van der Waals surface area contributed by atoms with E-state index in [-0.39, 0.29) is 11.9 Å². The first-order valence-corrected chi connectivity index (χ1v) is 10.3. The van der Waals surface area contributed by atoms with Crippen molar-refractivity contribution < 1.29 is 9.32 Å². The number of hydrogen-bond donors (Lipinski definition) is 0. The molecule has 140 valence electrons. The smallest absolute Gasteiger partial charge is 0.227 e. The molecular formula is C21H23N3O2S. The van der Waals surface area contributed by atoms with Crippen molar-refractivity contribution >= 4 is 17.2 Å². The van der Waals surface area contributed by atoms with Gasteiger partial charge in [0.25, 0.3) is 0 Å². The molecule has 2 aromatic heterocycles. The van der Waals surface area contributed by atoms with Gasteiger partial charge in [0.1, 0.15) is 0 Å². The Hall–Kier alpha value is -2.47. The van der Waals surface area contributed by atoms with Crippen LogP contribution >= 0.6 is 11.3 Å². The molecular weight excluding hydrogens is 358 g/mol. The first kappa shape index (κ1) is 17.9.